The van der Waals surface area contributed by atoms with Crippen molar-refractivity contribution >= 4 is 14.3 Å². The largest absolute Gasteiger partial charge is 0.463 e. The van der Waals surface area contributed by atoms with Crippen LogP contribution in [0.4, 0.5) is 0 Å². The monoisotopic (exact) mass is 342 g/mol. The van der Waals surface area contributed by atoms with Gasteiger partial charge in [-0.25, -0.2) is 4.79 Å². The molecular weight excluding hydrogens is 304 g/mol. The van der Waals surface area contributed by atoms with Gasteiger partial charge in [0, 0.05) is 12.2 Å². The van der Waals surface area contributed by atoms with Gasteiger partial charge in [0.1, 0.15) is 0 Å². The number of esters is 1. The summed E-state index contributed by atoms with van der Waals surface area (Å²) in [6, 6.07) is 0. The summed E-state index contributed by atoms with van der Waals surface area (Å²) >= 11 is 0. The van der Waals surface area contributed by atoms with E-state index in [4.69, 9.17) is 9.16 Å². The van der Waals surface area contributed by atoms with Crippen molar-refractivity contribution in [1.82, 2.24) is 0 Å². The number of rotatable bonds is 11. The summed E-state index contributed by atoms with van der Waals surface area (Å²) in [6.07, 6.45) is 1.60. The first-order valence-corrected chi connectivity index (χ1v) is 11.2. The normalized spacial score (nSPS) is 13.7. The lowest BCUT2D eigenvalue weighted by atomic mass is 10.0. The molecule has 0 fully saturated rings. The predicted molar refractivity (Wildman–Crippen MR) is 101 cm³/mol. The maximum Gasteiger partial charge on any atom is 0.333 e. The summed E-state index contributed by atoms with van der Waals surface area (Å²) < 4.78 is 11.6. The number of hydrogen-bond donors (Lipinski definition) is 0. The van der Waals surface area contributed by atoms with Gasteiger partial charge in [-0.3, -0.25) is 0 Å². The van der Waals surface area contributed by atoms with Crippen molar-refractivity contribution in [3.8, 4) is 0 Å². The molecule has 0 N–H and O–H groups in total. The second kappa shape index (κ2) is 10.3. The summed E-state index contributed by atoms with van der Waals surface area (Å²) in [5.41, 5.74) is 2.37. The zero-order chi connectivity index (χ0) is 18.2. The van der Waals surface area contributed by atoms with Crippen molar-refractivity contribution in [3.05, 3.63) is 12.2 Å². The van der Waals surface area contributed by atoms with Crippen molar-refractivity contribution < 1.29 is 14.0 Å². The van der Waals surface area contributed by atoms with Crippen LogP contribution in [0.2, 0.25) is 16.6 Å². The average Bonchev–Trinajstić information content (AvgIpc) is 2.44. The van der Waals surface area contributed by atoms with E-state index in [1.807, 2.05) is 6.92 Å². The quantitative estimate of drug-likeness (QED) is 0.274. The molecule has 0 aliphatic heterocycles. The van der Waals surface area contributed by atoms with E-state index in [1.54, 1.807) is 0 Å². The van der Waals surface area contributed by atoms with E-state index in [-0.39, 0.29) is 5.97 Å². The summed E-state index contributed by atoms with van der Waals surface area (Å²) in [5, 5.41) is 0. The van der Waals surface area contributed by atoms with Gasteiger partial charge in [-0.05, 0) is 42.3 Å². The summed E-state index contributed by atoms with van der Waals surface area (Å²) in [4.78, 5) is 11.6. The van der Waals surface area contributed by atoms with Crippen LogP contribution in [0.5, 0.6) is 0 Å². The van der Waals surface area contributed by atoms with E-state index >= 15 is 0 Å². The molecule has 0 aromatic carbocycles. The molecule has 0 aliphatic rings. The number of hydrogen-bond acceptors (Lipinski definition) is 3. The van der Waals surface area contributed by atoms with Crippen molar-refractivity contribution in [2.75, 3.05) is 13.2 Å². The van der Waals surface area contributed by atoms with Crippen molar-refractivity contribution in [3.63, 3.8) is 0 Å². The Kier molecular flexibility index (Phi) is 10.0. The van der Waals surface area contributed by atoms with Crippen molar-refractivity contribution in [2.24, 2.45) is 5.92 Å². The Morgan fingerprint density at radius 2 is 1.48 bits per heavy atom. The number of ether oxygens (including phenoxy) is 1. The van der Waals surface area contributed by atoms with Gasteiger partial charge >= 0.3 is 5.97 Å². The van der Waals surface area contributed by atoms with E-state index in [0.717, 1.165) is 13.0 Å². The molecule has 0 rings (SSSR count). The lowest BCUT2D eigenvalue weighted by Crippen LogP contribution is -2.48. The first-order valence-electron chi connectivity index (χ1n) is 9.08. The van der Waals surface area contributed by atoms with E-state index in [0.29, 0.717) is 41.1 Å². The molecule has 0 radical (unpaired) electrons. The fraction of sp³-hybridized carbons (Fsp3) is 0.842. The SMILES string of the molecule is C=C(CCC(C)CO[Si](C(C)C)(C(C)C)C(C)C)C(=O)OCC. The van der Waals surface area contributed by atoms with Crippen molar-refractivity contribution in [2.45, 2.75) is 84.9 Å². The standard InChI is InChI=1S/C19H38O3Si/c1-10-21-19(20)18(9)12-11-17(8)13-22-23(14(2)3,15(4)5)16(6)7/h14-17H,9-13H2,1-8H3. The van der Waals surface area contributed by atoms with E-state index in [2.05, 4.69) is 55.0 Å². The van der Waals surface area contributed by atoms with Crippen LogP contribution in [-0.2, 0) is 14.0 Å². The smallest absolute Gasteiger partial charge is 0.333 e. The van der Waals surface area contributed by atoms with Gasteiger partial charge in [-0.2, -0.15) is 0 Å². The Hall–Kier alpha value is -0.613. The second-order valence-electron chi connectivity index (χ2n) is 7.60. The third-order valence-corrected chi connectivity index (χ3v) is 10.9. The minimum Gasteiger partial charge on any atom is -0.463 e. The van der Waals surface area contributed by atoms with Gasteiger partial charge in [0.25, 0.3) is 0 Å². The molecule has 0 aromatic rings. The lowest BCUT2D eigenvalue weighted by molar-refractivity contribution is -0.138. The van der Waals surface area contributed by atoms with Crippen LogP contribution >= 0.6 is 0 Å². The lowest BCUT2D eigenvalue weighted by Gasteiger charge is -2.42. The van der Waals surface area contributed by atoms with E-state index in [1.165, 1.54) is 0 Å². The molecule has 3 nitrogen and oxygen atoms in total. The molecular formula is C19H38O3Si. The van der Waals surface area contributed by atoms with Crippen LogP contribution in [0.1, 0.15) is 68.2 Å². The van der Waals surface area contributed by atoms with Gasteiger partial charge in [0.15, 0.2) is 8.32 Å². The van der Waals surface area contributed by atoms with E-state index in [9.17, 15) is 4.79 Å². The Balaban J connectivity index is 4.57. The Bertz CT molecular complexity index is 353. The molecule has 1 unspecified atom stereocenters. The third-order valence-electron chi connectivity index (χ3n) is 4.83. The molecule has 1 atom stereocenters. The number of carbonyl (C=O) groups excluding carboxylic acids is 1. The van der Waals surface area contributed by atoms with Gasteiger partial charge in [-0.1, -0.05) is 55.0 Å². The molecule has 136 valence electrons. The third kappa shape index (κ3) is 6.42. The average molecular weight is 343 g/mol. The summed E-state index contributed by atoms with van der Waals surface area (Å²) in [6.45, 7) is 22.8. The summed E-state index contributed by atoms with van der Waals surface area (Å²) in [7, 11) is -1.80. The minimum absolute atomic E-state index is 0.268. The van der Waals surface area contributed by atoms with E-state index < -0.39 is 8.32 Å². The van der Waals surface area contributed by atoms with Crippen LogP contribution in [0.3, 0.4) is 0 Å². The highest BCUT2D eigenvalue weighted by Crippen LogP contribution is 2.42. The van der Waals surface area contributed by atoms with Crippen LogP contribution in [0, 0.1) is 5.92 Å². The number of carbonyl (C=O) groups is 1. The van der Waals surface area contributed by atoms with Crippen LogP contribution in [-0.4, -0.2) is 27.5 Å². The van der Waals surface area contributed by atoms with Crippen LogP contribution in [0.25, 0.3) is 0 Å². The van der Waals surface area contributed by atoms with Crippen LogP contribution in [0.15, 0.2) is 12.2 Å². The highest BCUT2D eigenvalue weighted by atomic mass is 28.4. The van der Waals surface area contributed by atoms with Gasteiger partial charge in [0.05, 0.1) is 6.61 Å². The maximum atomic E-state index is 11.6. The molecule has 0 heterocycles. The second-order valence-corrected chi connectivity index (χ2v) is 13.1. The molecule has 0 aliphatic carbocycles. The first kappa shape index (κ1) is 22.4. The molecule has 4 heteroatoms. The minimum atomic E-state index is -1.80. The fourth-order valence-corrected chi connectivity index (χ4v) is 9.20. The highest BCUT2D eigenvalue weighted by Gasteiger charge is 2.45. The first-order chi connectivity index (χ1) is 10.6. The molecule has 23 heavy (non-hydrogen) atoms. The molecule has 0 saturated carbocycles. The molecule has 0 aromatic heterocycles. The predicted octanol–water partition coefficient (Wildman–Crippen LogP) is 5.71. The molecule has 0 saturated heterocycles. The molecule has 0 spiro atoms. The molecule has 0 bridgehead atoms. The van der Waals surface area contributed by atoms with Crippen molar-refractivity contribution in [1.29, 1.82) is 0 Å². The van der Waals surface area contributed by atoms with Gasteiger partial charge in [-0.15, -0.1) is 0 Å². The Morgan fingerprint density at radius 1 is 1.00 bits per heavy atom. The van der Waals surface area contributed by atoms with Crippen LogP contribution < -0.4 is 0 Å². The highest BCUT2D eigenvalue weighted by molar-refractivity contribution is 6.77. The van der Waals surface area contributed by atoms with Gasteiger partial charge in [0.2, 0.25) is 0 Å². The Morgan fingerprint density at radius 3 is 1.87 bits per heavy atom. The fourth-order valence-electron chi connectivity index (χ4n) is 3.63. The maximum absolute atomic E-state index is 11.6. The summed E-state index contributed by atoms with van der Waals surface area (Å²) in [5.74, 6) is 0.153. The Labute approximate surface area is 145 Å². The van der Waals surface area contributed by atoms with Gasteiger partial charge < -0.3 is 9.16 Å². The topological polar surface area (TPSA) is 35.5 Å². The molecule has 0 amide bonds. The zero-order valence-electron chi connectivity index (χ0n) is 16.6. The zero-order valence-corrected chi connectivity index (χ0v) is 17.6.